The summed E-state index contributed by atoms with van der Waals surface area (Å²) in [7, 11) is 0. The van der Waals surface area contributed by atoms with Crippen LogP contribution >= 0.6 is 0 Å². The lowest BCUT2D eigenvalue weighted by molar-refractivity contribution is 0.407. The highest BCUT2D eigenvalue weighted by molar-refractivity contribution is 5.74. The van der Waals surface area contributed by atoms with Crippen LogP contribution in [-0.2, 0) is 0 Å². The number of hydrogen-bond donors (Lipinski definition) is 2. The number of nitrogen functional groups attached to an aromatic ring is 1. The number of allylic oxidation sites excluding steroid dienone is 2. The number of benzene rings is 1. The van der Waals surface area contributed by atoms with Crippen molar-refractivity contribution in [2.45, 2.75) is 0 Å². The molecule has 2 nitrogen and oxygen atoms in total. The second-order valence-electron chi connectivity index (χ2n) is 2.54. The summed E-state index contributed by atoms with van der Waals surface area (Å²) in [6, 6.07) is 7.17. The lowest BCUT2D eigenvalue weighted by Gasteiger charge is -2.02. The fourth-order valence-electron chi connectivity index (χ4n) is 1.04. The third-order valence-corrected chi connectivity index (χ3v) is 1.65. The molecule has 0 atom stereocenters. The van der Waals surface area contributed by atoms with Crippen molar-refractivity contribution >= 4 is 11.3 Å². The molecule has 3 heteroatoms. The summed E-state index contributed by atoms with van der Waals surface area (Å²) in [5.41, 5.74) is 9.17. The van der Waals surface area contributed by atoms with Crippen LogP contribution in [0.3, 0.4) is 0 Å². The maximum absolute atomic E-state index is 11.8. The van der Waals surface area contributed by atoms with E-state index in [-0.39, 0.29) is 0 Å². The Morgan fingerprint density at radius 1 is 1.54 bits per heavy atom. The zero-order valence-corrected chi connectivity index (χ0v) is 7.13. The minimum absolute atomic E-state index is 0.643. The van der Waals surface area contributed by atoms with E-state index in [4.69, 9.17) is 5.73 Å². The highest BCUT2D eigenvalue weighted by atomic mass is 19.2. The minimum atomic E-state index is 0.643. The van der Waals surface area contributed by atoms with E-state index < -0.39 is 0 Å². The Bertz CT molecular complexity index is 331. The molecular formula is C10H11FN2. The lowest BCUT2D eigenvalue weighted by atomic mass is 10.1. The van der Waals surface area contributed by atoms with Gasteiger partial charge in [0.25, 0.3) is 0 Å². The van der Waals surface area contributed by atoms with E-state index in [1.54, 1.807) is 24.3 Å². The molecule has 0 aliphatic rings. The highest BCUT2D eigenvalue weighted by Gasteiger charge is 1.96. The first-order valence-corrected chi connectivity index (χ1v) is 3.82. The van der Waals surface area contributed by atoms with E-state index >= 15 is 0 Å². The lowest BCUT2D eigenvalue weighted by Crippen LogP contribution is -1.91. The molecule has 0 aromatic heterocycles. The van der Waals surface area contributed by atoms with E-state index in [1.807, 2.05) is 6.07 Å². The normalized spacial score (nSPS) is 11.0. The van der Waals surface area contributed by atoms with Crippen molar-refractivity contribution in [1.29, 1.82) is 0 Å². The second kappa shape index (κ2) is 4.30. The Labute approximate surface area is 76.5 Å². The molecule has 0 saturated carbocycles. The van der Waals surface area contributed by atoms with Crippen molar-refractivity contribution in [2.75, 3.05) is 5.73 Å². The van der Waals surface area contributed by atoms with E-state index in [1.165, 1.54) is 11.7 Å². The predicted octanol–water partition coefficient (Wildman–Crippen LogP) is 2.27. The van der Waals surface area contributed by atoms with Crippen LogP contribution in [0.25, 0.3) is 5.57 Å². The zero-order valence-electron chi connectivity index (χ0n) is 7.13. The van der Waals surface area contributed by atoms with Gasteiger partial charge in [0.05, 0.1) is 0 Å². The number of rotatable bonds is 3. The van der Waals surface area contributed by atoms with E-state index in [2.05, 4.69) is 6.58 Å². The second-order valence-corrected chi connectivity index (χ2v) is 2.54. The van der Waals surface area contributed by atoms with Crippen molar-refractivity contribution in [1.82, 2.24) is 5.54 Å². The largest absolute Gasteiger partial charge is 0.399 e. The number of hydrogen-bond acceptors (Lipinski definition) is 2. The van der Waals surface area contributed by atoms with Crippen molar-refractivity contribution < 1.29 is 4.48 Å². The summed E-state index contributed by atoms with van der Waals surface area (Å²) in [4.78, 5) is 0. The predicted molar refractivity (Wildman–Crippen MR) is 53.3 cm³/mol. The van der Waals surface area contributed by atoms with Crippen LogP contribution < -0.4 is 11.3 Å². The Morgan fingerprint density at radius 2 is 2.31 bits per heavy atom. The molecule has 0 aliphatic heterocycles. The molecule has 1 aromatic rings. The van der Waals surface area contributed by atoms with Gasteiger partial charge in [0, 0.05) is 11.9 Å². The first-order chi connectivity index (χ1) is 6.27. The third kappa shape index (κ3) is 2.33. The van der Waals surface area contributed by atoms with Gasteiger partial charge in [-0.25, -0.2) is 5.54 Å². The molecule has 0 amide bonds. The third-order valence-electron chi connectivity index (χ3n) is 1.65. The fraction of sp³-hybridized carbons (Fsp3) is 0. The smallest absolute Gasteiger partial charge is 0.0372 e. The number of halogens is 1. The van der Waals surface area contributed by atoms with Crippen LogP contribution in [0.4, 0.5) is 10.2 Å². The van der Waals surface area contributed by atoms with Gasteiger partial charge >= 0.3 is 0 Å². The maximum Gasteiger partial charge on any atom is 0.0372 e. The Balaban J connectivity index is 3.05. The molecule has 0 saturated heterocycles. The van der Waals surface area contributed by atoms with Crippen LogP contribution in [0.15, 0.2) is 43.1 Å². The monoisotopic (exact) mass is 178 g/mol. The SMILES string of the molecule is C=C/C(=C\NF)c1cccc(N)c1. The average Bonchev–Trinajstić information content (AvgIpc) is 2.14. The molecule has 68 valence electrons. The van der Waals surface area contributed by atoms with Crippen LogP contribution in [0, 0.1) is 0 Å². The van der Waals surface area contributed by atoms with Gasteiger partial charge in [-0.1, -0.05) is 24.8 Å². The molecule has 0 heterocycles. The fourth-order valence-corrected chi connectivity index (χ4v) is 1.04. The molecule has 13 heavy (non-hydrogen) atoms. The van der Waals surface area contributed by atoms with Gasteiger partial charge < -0.3 is 5.73 Å². The summed E-state index contributed by atoms with van der Waals surface area (Å²) in [5, 5.41) is 0. The zero-order chi connectivity index (χ0) is 9.68. The minimum Gasteiger partial charge on any atom is -0.399 e. The molecule has 1 rings (SSSR count). The molecule has 0 radical (unpaired) electrons. The van der Waals surface area contributed by atoms with Gasteiger partial charge in [0.1, 0.15) is 0 Å². The standard InChI is InChI=1S/C10H11FN2/c1-2-8(7-13-11)9-4-3-5-10(12)6-9/h2-7,13H,1,12H2/b8-7+. The van der Waals surface area contributed by atoms with E-state index in [9.17, 15) is 4.48 Å². The molecular weight excluding hydrogens is 167 g/mol. The molecule has 0 fully saturated rings. The summed E-state index contributed by atoms with van der Waals surface area (Å²) in [5.74, 6) is 0. The Morgan fingerprint density at radius 3 is 2.85 bits per heavy atom. The quantitative estimate of drug-likeness (QED) is 0.423. The summed E-state index contributed by atoms with van der Waals surface area (Å²) < 4.78 is 11.8. The molecule has 0 aliphatic carbocycles. The van der Waals surface area contributed by atoms with Crippen LogP contribution in [0.5, 0.6) is 0 Å². The van der Waals surface area contributed by atoms with Gasteiger partial charge in [-0.2, -0.15) is 0 Å². The molecule has 0 unspecified atom stereocenters. The molecule has 3 N–H and O–H groups in total. The summed E-state index contributed by atoms with van der Waals surface area (Å²) in [6.45, 7) is 3.57. The van der Waals surface area contributed by atoms with Crippen molar-refractivity contribution in [3.63, 3.8) is 0 Å². The van der Waals surface area contributed by atoms with Crippen LogP contribution in [0.1, 0.15) is 5.56 Å². The van der Waals surface area contributed by atoms with Gasteiger partial charge in [0.15, 0.2) is 0 Å². The topological polar surface area (TPSA) is 38.0 Å². The van der Waals surface area contributed by atoms with Crippen molar-refractivity contribution in [3.8, 4) is 0 Å². The average molecular weight is 178 g/mol. The molecule has 1 aromatic carbocycles. The van der Waals surface area contributed by atoms with Gasteiger partial charge in [-0.3, -0.25) is 0 Å². The highest BCUT2D eigenvalue weighted by Crippen LogP contribution is 2.16. The Hall–Kier alpha value is -1.77. The van der Waals surface area contributed by atoms with Gasteiger partial charge in [-0.15, -0.1) is 4.48 Å². The molecule has 0 spiro atoms. The van der Waals surface area contributed by atoms with Gasteiger partial charge in [0.2, 0.25) is 0 Å². The first-order valence-electron chi connectivity index (χ1n) is 3.82. The maximum atomic E-state index is 11.8. The molecule has 0 bridgehead atoms. The van der Waals surface area contributed by atoms with Crippen LogP contribution in [-0.4, -0.2) is 0 Å². The van der Waals surface area contributed by atoms with Crippen molar-refractivity contribution in [3.05, 3.63) is 48.7 Å². The van der Waals surface area contributed by atoms with Gasteiger partial charge in [-0.05, 0) is 23.3 Å². The summed E-state index contributed by atoms with van der Waals surface area (Å²) in [6.07, 6.45) is 2.78. The number of anilines is 1. The van der Waals surface area contributed by atoms with E-state index in [0.29, 0.717) is 11.3 Å². The van der Waals surface area contributed by atoms with Crippen molar-refractivity contribution in [2.24, 2.45) is 0 Å². The Kier molecular flexibility index (Phi) is 3.09. The van der Waals surface area contributed by atoms with E-state index in [0.717, 1.165) is 5.56 Å². The summed E-state index contributed by atoms with van der Waals surface area (Å²) >= 11 is 0. The number of nitrogens with one attached hydrogen (secondary N) is 1. The first kappa shape index (κ1) is 9.32. The van der Waals surface area contributed by atoms with Crippen LogP contribution in [0.2, 0.25) is 0 Å². The number of nitrogens with two attached hydrogens (primary N) is 1.